The third-order valence-corrected chi connectivity index (χ3v) is 4.37. The highest BCUT2D eigenvalue weighted by molar-refractivity contribution is 6.31. The molecule has 1 aromatic carbocycles. The molecule has 3 rings (SSSR count). The van der Waals surface area contributed by atoms with E-state index in [1.807, 2.05) is 29.2 Å². The molecule has 1 aliphatic rings. The summed E-state index contributed by atoms with van der Waals surface area (Å²) in [6, 6.07) is 7.33. The molecular formula is C16H18ClN3O2. The van der Waals surface area contributed by atoms with Crippen molar-refractivity contribution in [2.24, 2.45) is 5.73 Å². The average Bonchev–Trinajstić information content (AvgIpc) is 2.90. The van der Waals surface area contributed by atoms with Gasteiger partial charge in [0.1, 0.15) is 0 Å². The normalized spacial score (nSPS) is 22.3. The van der Waals surface area contributed by atoms with E-state index in [0.717, 1.165) is 16.5 Å². The number of carbonyl (C=O) groups excluding carboxylic acids is 1. The van der Waals surface area contributed by atoms with Crippen LogP contribution in [0, 0.1) is 0 Å². The number of hydrogen-bond acceptors (Lipinski definition) is 4. The monoisotopic (exact) mass is 319 g/mol. The fraction of sp³-hybridized carbons (Fsp3) is 0.375. The number of hydrogen-bond donors (Lipinski definition) is 1. The largest absolute Gasteiger partial charge is 0.380 e. The van der Waals surface area contributed by atoms with Crippen LogP contribution >= 0.6 is 11.6 Å². The number of fused-ring (bicyclic) bond motifs is 1. The number of benzene rings is 1. The average molecular weight is 320 g/mol. The first kappa shape index (κ1) is 15.2. The van der Waals surface area contributed by atoms with Gasteiger partial charge in [-0.05, 0) is 30.2 Å². The number of carbonyl (C=O) groups is 1. The van der Waals surface area contributed by atoms with Crippen molar-refractivity contribution in [1.29, 1.82) is 0 Å². The van der Waals surface area contributed by atoms with Gasteiger partial charge in [0, 0.05) is 36.8 Å². The predicted octanol–water partition coefficient (Wildman–Crippen LogP) is 1.96. The molecule has 2 aromatic rings. The van der Waals surface area contributed by atoms with Gasteiger partial charge in [-0.2, -0.15) is 0 Å². The van der Waals surface area contributed by atoms with Gasteiger partial charge in [0.25, 0.3) is 0 Å². The minimum absolute atomic E-state index is 0.0240. The molecule has 2 N–H and O–H groups in total. The van der Waals surface area contributed by atoms with Gasteiger partial charge in [-0.3, -0.25) is 14.7 Å². The van der Waals surface area contributed by atoms with Crippen LogP contribution in [0.5, 0.6) is 0 Å². The van der Waals surface area contributed by atoms with Crippen molar-refractivity contribution in [3.8, 4) is 0 Å². The van der Waals surface area contributed by atoms with Crippen LogP contribution in [-0.4, -0.2) is 41.6 Å². The third kappa shape index (κ3) is 2.92. The van der Waals surface area contributed by atoms with Crippen LogP contribution in [0.15, 0.2) is 30.5 Å². The molecule has 5 nitrogen and oxygen atoms in total. The van der Waals surface area contributed by atoms with Crippen LogP contribution in [0.3, 0.4) is 0 Å². The highest BCUT2D eigenvalue weighted by Gasteiger charge is 2.35. The molecule has 1 saturated heterocycles. The Bertz CT molecular complexity index is 707. The Morgan fingerprint density at radius 2 is 2.36 bits per heavy atom. The summed E-state index contributed by atoms with van der Waals surface area (Å²) in [6.45, 7) is 1.24. The first-order valence-electron chi connectivity index (χ1n) is 7.18. The number of primary amides is 1. The van der Waals surface area contributed by atoms with Crippen LogP contribution in [0.2, 0.25) is 5.02 Å². The summed E-state index contributed by atoms with van der Waals surface area (Å²) in [7, 11) is 1.66. The molecule has 1 aromatic heterocycles. The van der Waals surface area contributed by atoms with Gasteiger partial charge < -0.3 is 10.5 Å². The van der Waals surface area contributed by atoms with Gasteiger partial charge in [0.05, 0.1) is 17.7 Å². The molecule has 0 aliphatic carbocycles. The molecular weight excluding hydrogens is 302 g/mol. The van der Waals surface area contributed by atoms with Crippen molar-refractivity contribution >= 4 is 28.4 Å². The quantitative estimate of drug-likeness (QED) is 0.935. The molecule has 0 spiro atoms. The highest BCUT2D eigenvalue weighted by atomic mass is 35.5. The van der Waals surface area contributed by atoms with Gasteiger partial charge in [0.2, 0.25) is 5.91 Å². The van der Waals surface area contributed by atoms with E-state index in [-0.39, 0.29) is 18.1 Å². The van der Waals surface area contributed by atoms with Gasteiger partial charge >= 0.3 is 0 Å². The number of pyridine rings is 1. The molecule has 0 saturated carbocycles. The number of ether oxygens (including phenoxy) is 1. The lowest BCUT2D eigenvalue weighted by Gasteiger charge is -2.22. The van der Waals surface area contributed by atoms with Crippen molar-refractivity contribution in [3.05, 3.63) is 41.0 Å². The number of amides is 1. The van der Waals surface area contributed by atoms with E-state index < -0.39 is 0 Å². The molecule has 1 fully saturated rings. The summed E-state index contributed by atoms with van der Waals surface area (Å²) in [5.41, 5.74) is 7.41. The number of nitrogens with two attached hydrogens (primary N) is 1. The molecule has 2 atom stereocenters. The number of rotatable bonds is 4. The second-order valence-electron chi connectivity index (χ2n) is 5.58. The Kier molecular flexibility index (Phi) is 4.29. The number of methoxy groups -OCH3 is 1. The molecule has 0 radical (unpaired) electrons. The van der Waals surface area contributed by atoms with Crippen molar-refractivity contribution in [1.82, 2.24) is 9.88 Å². The second kappa shape index (κ2) is 6.20. The highest BCUT2D eigenvalue weighted by Crippen LogP contribution is 2.27. The molecule has 6 heteroatoms. The summed E-state index contributed by atoms with van der Waals surface area (Å²) in [6.07, 6.45) is 2.40. The van der Waals surface area contributed by atoms with Crippen molar-refractivity contribution in [3.63, 3.8) is 0 Å². The standard InChI is InChI=1S/C16H18ClN3O2/c1-22-13-7-14(16(18)21)20(9-13)8-11-6-12(17)5-10-3-2-4-19-15(10)11/h2-6,13-14H,7-9H2,1H3,(H2,18,21)/t13-,14-/m0/s1. The second-order valence-corrected chi connectivity index (χ2v) is 6.02. The van der Waals surface area contributed by atoms with Crippen LogP contribution < -0.4 is 5.73 Å². The zero-order valence-electron chi connectivity index (χ0n) is 12.3. The molecule has 22 heavy (non-hydrogen) atoms. The van der Waals surface area contributed by atoms with Crippen molar-refractivity contribution < 1.29 is 9.53 Å². The van der Waals surface area contributed by atoms with Crippen LogP contribution in [-0.2, 0) is 16.1 Å². The molecule has 2 heterocycles. The minimum atomic E-state index is -0.321. The SMILES string of the molecule is CO[C@H]1C[C@@H](C(N)=O)N(Cc2cc(Cl)cc3cccnc23)C1. The Morgan fingerprint density at radius 1 is 1.55 bits per heavy atom. The van der Waals surface area contributed by atoms with Gasteiger partial charge in [-0.1, -0.05) is 17.7 Å². The zero-order chi connectivity index (χ0) is 15.7. The number of nitrogens with zero attached hydrogens (tertiary/aromatic N) is 2. The van der Waals surface area contributed by atoms with Crippen molar-refractivity contribution in [2.45, 2.75) is 25.1 Å². The van der Waals surface area contributed by atoms with E-state index in [1.54, 1.807) is 13.3 Å². The molecule has 116 valence electrons. The lowest BCUT2D eigenvalue weighted by atomic mass is 10.1. The van der Waals surface area contributed by atoms with Gasteiger partial charge in [0.15, 0.2) is 0 Å². The minimum Gasteiger partial charge on any atom is -0.380 e. The summed E-state index contributed by atoms with van der Waals surface area (Å²) in [5, 5.41) is 1.65. The molecule has 0 unspecified atom stereocenters. The predicted molar refractivity (Wildman–Crippen MR) is 85.6 cm³/mol. The first-order valence-corrected chi connectivity index (χ1v) is 7.55. The third-order valence-electron chi connectivity index (χ3n) is 4.15. The van der Waals surface area contributed by atoms with E-state index >= 15 is 0 Å². The number of halogens is 1. The topological polar surface area (TPSA) is 68.5 Å². The Hall–Kier alpha value is -1.69. The Balaban J connectivity index is 1.93. The number of aromatic nitrogens is 1. The summed E-state index contributed by atoms with van der Waals surface area (Å²) < 4.78 is 5.38. The zero-order valence-corrected chi connectivity index (χ0v) is 13.1. The van der Waals surface area contributed by atoms with Gasteiger partial charge in [-0.15, -0.1) is 0 Å². The van der Waals surface area contributed by atoms with Gasteiger partial charge in [-0.25, -0.2) is 0 Å². The summed E-state index contributed by atoms with van der Waals surface area (Å²) >= 11 is 6.20. The van der Waals surface area contributed by atoms with Crippen LogP contribution in [0.4, 0.5) is 0 Å². The van der Waals surface area contributed by atoms with E-state index in [0.29, 0.717) is 24.5 Å². The fourth-order valence-corrected chi connectivity index (χ4v) is 3.32. The number of likely N-dealkylation sites (tertiary alicyclic amines) is 1. The van der Waals surface area contributed by atoms with E-state index in [9.17, 15) is 4.79 Å². The Labute approximate surface area is 134 Å². The molecule has 1 amide bonds. The first-order chi connectivity index (χ1) is 10.6. The van der Waals surface area contributed by atoms with Crippen molar-refractivity contribution in [2.75, 3.05) is 13.7 Å². The van der Waals surface area contributed by atoms with E-state index in [4.69, 9.17) is 22.1 Å². The maximum absolute atomic E-state index is 11.7. The smallest absolute Gasteiger partial charge is 0.234 e. The maximum Gasteiger partial charge on any atom is 0.234 e. The van der Waals surface area contributed by atoms with E-state index in [1.165, 1.54) is 0 Å². The lowest BCUT2D eigenvalue weighted by molar-refractivity contribution is -0.122. The molecule has 1 aliphatic heterocycles. The molecule has 0 bridgehead atoms. The summed E-state index contributed by atoms with van der Waals surface area (Å²) in [4.78, 5) is 18.2. The van der Waals surface area contributed by atoms with E-state index in [2.05, 4.69) is 4.98 Å². The van der Waals surface area contributed by atoms with Crippen LogP contribution in [0.25, 0.3) is 10.9 Å². The van der Waals surface area contributed by atoms with Crippen LogP contribution in [0.1, 0.15) is 12.0 Å². The maximum atomic E-state index is 11.7. The fourth-order valence-electron chi connectivity index (χ4n) is 3.07. The lowest BCUT2D eigenvalue weighted by Crippen LogP contribution is -2.39. The summed E-state index contributed by atoms with van der Waals surface area (Å²) in [5.74, 6) is -0.321. The Morgan fingerprint density at radius 3 is 3.09 bits per heavy atom.